The maximum atomic E-state index is 13.5. The molecule has 3 aromatic carbocycles. The lowest BCUT2D eigenvalue weighted by Gasteiger charge is -2.36. The maximum Gasteiger partial charge on any atom is 0.241 e. The molecule has 1 aliphatic rings. The molecule has 3 aromatic rings. The van der Waals surface area contributed by atoms with Gasteiger partial charge in [0.2, 0.25) is 11.8 Å². The van der Waals surface area contributed by atoms with E-state index < -0.39 is 11.2 Å². The number of rotatable bonds is 6. The minimum absolute atomic E-state index is 0.103. The Hall–Kier alpha value is -2.47. The van der Waals surface area contributed by atoms with Crippen molar-refractivity contribution in [3.8, 4) is 0 Å². The van der Waals surface area contributed by atoms with Gasteiger partial charge in [-0.05, 0) is 35.4 Å². The number of hydrogen-bond acceptors (Lipinski definition) is 3. The first kappa shape index (κ1) is 22.7. The molecular weight excluding hydrogens is 463 g/mol. The minimum Gasteiger partial charge on any atom is -0.352 e. The lowest BCUT2D eigenvalue weighted by Crippen LogP contribution is -2.47. The lowest BCUT2D eigenvalue weighted by atomic mass is 10.0. The number of thioether (sulfide) groups is 1. The Morgan fingerprint density at radius 3 is 2.25 bits per heavy atom. The summed E-state index contributed by atoms with van der Waals surface area (Å²) in [7, 11) is 0. The zero-order valence-electron chi connectivity index (χ0n) is 17.4. The van der Waals surface area contributed by atoms with Gasteiger partial charge in [-0.15, -0.1) is 11.8 Å². The van der Waals surface area contributed by atoms with Crippen molar-refractivity contribution >= 4 is 52.5 Å². The van der Waals surface area contributed by atoms with Crippen LogP contribution in [0.15, 0.2) is 77.7 Å². The molecule has 7 heteroatoms. The Labute approximate surface area is 201 Å². The molecule has 1 N–H and O–H groups in total. The van der Waals surface area contributed by atoms with Gasteiger partial charge in [-0.1, -0.05) is 78.7 Å². The number of benzene rings is 3. The Morgan fingerprint density at radius 1 is 0.969 bits per heavy atom. The minimum atomic E-state index is -0.543. The van der Waals surface area contributed by atoms with Crippen molar-refractivity contribution in [3.05, 3.63) is 94.0 Å². The number of carbonyl (C=O) groups excluding carboxylic acids is 2. The Balaban J connectivity index is 1.55. The smallest absolute Gasteiger partial charge is 0.241 e. The van der Waals surface area contributed by atoms with E-state index in [0.29, 0.717) is 23.1 Å². The predicted octanol–water partition coefficient (Wildman–Crippen LogP) is 5.95. The maximum absolute atomic E-state index is 13.5. The molecule has 0 saturated carbocycles. The van der Waals surface area contributed by atoms with E-state index in [1.54, 1.807) is 17.9 Å². The van der Waals surface area contributed by atoms with Crippen LogP contribution in [0.4, 0.5) is 5.69 Å². The quantitative estimate of drug-likeness (QED) is 0.469. The third-order valence-corrected chi connectivity index (χ3v) is 7.68. The van der Waals surface area contributed by atoms with Crippen LogP contribution >= 0.6 is 35.0 Å². The van der Waals surface area contributed by atoms with E-state index in [0.717, 1.165) is 21.7 Å². The zero-order chi connectivity index (χ0) is 22.7. The third kappa shape index (κ3) is 4.80. The van der Waals surface area contributed by atoms with Crippen LogP contribution in [-0.4, -0.2) is 17.1 Å². The molecule has 0 radical (unpaired) electrons. The van der Waals surface area contributed by atoms with Crippen molar-refractivity contribution in [3.63, 3.8) is 0 Å². The second-order valence-corrected chi connectivity index (χ2v) is 9.62. The summed E-state index contributed by atoms with van der Waals surface area (Å²) in [6.45, 7) is 2.45. The van der Waals surface area contributed by atoms with Crippen LogP contribution in [0, 0.1) is 5.92 Å². The first-order valence-corrected chi connectivity index (χ1v) is 11.9. The Kier molecular flexibility index (Phi) is 7.09. The van der Waals surface area contributed by atoms with E-state index in [2.05, 4.69) is 5.32 Å². The van der Waals surface area contributed by atoms with Gasteiger partial charge < -0.3 is 10.2 Å². The summed E-state index contributed by atoms with van der Waals surface area (Å²) in [5.41, 5.74) is 2.53. The number of anilines is 1. The SMILES string of the molecule is C[C@@H](C(=O)NCc1ccccc1Cl)[C@H]1Sc2ccccc2N(Cc2ccccc2Cl)C1=O. The predicted molar refractivity (Wildman–Crippen MR) is 131 cm³/mol. The van der Waals surface area contributed by atoms with Crippen LogP contribution < -0.4 is 10.2 Å². The highest BCUT2D eigenvalue weighted by Gasteiger charge is 2.39. The first-order valence-electron chi connectivity index (χ1n) is 10.3. The monoisotopic (exact) mass is 484 g/mol. The second-order valence-electron chi connectivity index (χ2n) is 7.62. The standard InChI is InChI=1S/C25H22Cl2N2O2S/c1-16(24(30)28-14-17-8-2-4-10-19(17)26)23-25(31)29(15-18-9-3-5-11-20(18)27)21-12-6-7-13-22(21)32-23/h2-13,16,23H,14-15H2,1H3,(H,28,30)/t16-,23-/m1/s1. The van der Waals surface area contributed by atoms with Gasteiger partial charge in [0, 0.05) is 21.5 Å². The summed E-state index contributed by atoms with van der Waals surface area (Å²) in [4.78, 5) is 29.2. The number of halogens is 2. The number of nitrogens with one attached hydrogen (secondary N) is 1. The number of carbonyl (C=O) groups is 2. The molecule has 0 fully saturated rings. The molecule has 164 valence electrons. The van der Waals surface area contributed by atoms with Crippen LogP contribution in [0.2, 0.25) is 10.0 Å². The van der Waals surface area contributed by atoms with Crippen LogP contribution in [0.3, 0.4) is 0 Å². The molecule has 32 heavy (non-hydrogen) atoms. The topological polar surface area (TPSA) is 49.4 Å². The van der Waals surface area contributed by atoms with Crippen molar-refractivity contribution in [2.45, 2.75) is 30.2 Å². The van der Waals surface area contributed by atoms with Crippen LogP contribution in [-0.2, 0) is 22.7 Å². The first-order chi connectivity index (χ1) is 15.5. The third-order valence-electron chi connectivity index (χ3n) is 5.48. The van der Waals surface area contributed by atoms with Gasteiger partial charge in [0.15, 0.2) is 0 Å². The van der Waals surface area contributed by atoms with Crippen molar-refractivity contribution in [1.29, 1.82) is 0 Å². The summed E-state index contributed by atoms with van der Waals surface area (Å²) in [6.07, 6.45) is 0. The summed E-state index contributed by atoms with van der Waals surface area (Å²) in [5.74, 6) is -0.820. The lowest BCUT2D eigenvalue weighted by molar-refractivity contribution is -0.128. The normalized spacial score (nSPS) is 16.4. The molecule has 0 unspecified atom stereocenters. The molecular formula is C25H22Cl2N2O2S. The number of amides is 2. The largest absolute Gasteiger partial charge is 0.352 e. The van der Waals surface area contributed by atoms with Crippen LogP contribution in [0.25, 0.3) is 0 Å². The van der Waals surface area contributed by atoms with E-state index in [9.17, 15) is 9.59 Å². The van der Waals surface area contributed by atoms with E-state index in [1.165, 1.54) is 11.8 Å². The van der Waals surface area contributed by atoms with Gasteiger partial charge in [-0.3, -0.25) is 9.59 Å². The van der Waals surface area contributed by atoms with E-state index in [-0.39, 0.29) is 11.8 Å². The average molecular weight is 485 g/mol. The molecule has 0 aromatic heterocycles. The number of hydrogen-bond donors (Lipinski definition) is 1. The number of para-hydroxylation sites is 1. The van der Waals surface area contributed by atoms with Gasteiger partial charge in [-0.2, -0.15) is 0 Å². The van der Waals surface area contributed by atoms with E-state index in [1.807, 2.05) is 66.7 Å². The fourth-order valence-electron chi connectivity index (χ4n) is 3.64. The van der Waals surface area contributed by atoms with Crippen molar-refractivity contribution in [2.75, 3.05) is 4.90 Å². The molecule has 0 aliphatic carbocycles. The van der Waals surface area contributed by atoms with Crippen molar-refractivity contribution < 1.29 is 9.59 Å². The summed E-state index contributed by atoms with van der Waals surface area (Å²) < 4.78 is 0. The molecule has 2 amide bonds. The number of fused-ring (bicyclic) bond motifs is 1. The van der Waals surface area contributed by atoms with Gasteiger partial charge in [0.05, 0.1) is 18.2 Å². The van der Waals surface area contributed by atoms with Gasteiger partial charge in [-0.25, -0.2) is 0 Å². The molecule has 4 rings (SSSR count). The second kappa shape index (κ2) is 9.99. The van der Waals surface area contributed by atoms with Gasteiger partial charge in [0.25, 0.3) is 0 Å². The summed E-state index contributed by atoms with van der Waals surface area (Å²) in [5, 5.41) is 3.59. The summed E-state index contributed by atoms with van der Waals surface area (Å²) in [6, 6.07) is 22.6. The molecule has 0 saturated heterocycles. The Morgan fingerprint density at radius 2 is 1.56 bits per heavy atom. The molecule has 1 heterocycles. The molecule has 0 spiro atoms. The average Bonchev–Trinajstić information content (AvgIpc) is 2.80. The van der Waals surface area contributed by atoms with Crippen LogP contribution in [0.1, 0.15) is 18.1 Å². The summed E-state index contributed by atoms with van der Waals surface area (Å²) >= 11 is 14.0. The fraction of sp³-hybridized carbons (Fsp3) is 0.200. The van der Waals surface area contributed by atoms with E-state index in [4.69, 9.17) is 23.2 Å². The van der Waals surface area contributed by atoms with Crippen molar-refractivity contribution in [2.24, 2.45) is 5.92 Å². The highest BCUT2D eigenvalue weighted by molar-refractivity contribution is 8.01. The molecule has 0 bridgehead atoms. The van der Waals surface area contributed by atoms with E-state index >= 15 is 0 Å². The van der Waals surface area contributed by atoms with Crippen LogP contribution in [0.5, 0.6) is 0 Å². The van der Waals surface area contributed by atoms with Gasteiger partial charge in [0.1, 0.15) is 5.25 Å². The molecule has 1 aliphatic heterocycles. The number of nitrogens with zero attached hydrogens (tertiary/aromatic N) is 1. The highest BCUT2D eigenvalue weighted by Crippen LogP contribution is 2.42. The van der Waals surface area contributed by atoms with Gasteiger partial charge >= 0.3 is 0 Å². The molecule has 4 nitrogen and oxygen atoms in total. The molecule has 2 atom stereocenters. The Bertz CT molecular complexity index is 1150. The zero-order valence-corrected chi connectivity index (χ0v) is 19.8. The van der Waals surface area contributed by atoms with Crippen molar-refractivity contribution in [1.82, 2.24) is 5.32 Å². The highest BCUT2D eigenvalue weighted by atomic mass is 35.5. The fourth-order valence-corrected chi connectivity index (χ4v) is 5.32.